The lowest BCUT2D eigenvalue weighted by atomic mass is 9.95. The molecular formula is C33H54N2. The van der Waals surface area contributed by atoms with Crippen LogP contribution < -0.4 is 0 Å². The molecule has 1 heterocycles. The highest BCUT2D eigenvalue weighted by Gasteiger charge is 2.13. The molecule has 196 valence electrons. The zero-order valence-corrected chi connectivity index (χ0v) is 23.7. The van der Waals surface area contributed by atoms with Gasteiger partial charge in [-0.2, -0.15) is 0 Å². The monoisotopic (exact) mass is 478 g/mol. The molecule has 1 fully saturated rings. The fourth-order valence-corrected chi connectivity index (χ4v) is 5.50. The van der Waals surface area contributed by atoms with Gasteiger partial charge in [-0.1, -0.05) is 77.5 Å². The van der Waals surface area contributed by atoms with E-state index >= 15 is 0 Å². The van der Waals surface area contributed by atoms with Crippen LogP contribution in [0.3, 0.4) is 0 Å². The average Bonchev–Trinajstić information content (AvgIpc) is 3.12. The van der Waals surface area contributed by atoms with Crippen molar-refractivity contribution in [3.05, 3.63) is 71.0 Å². The minimum Gasteiger partial charge on any atom is -0.373 e. The van der Waals surface area contributed by atoms with Crippen LogP contribution >= 0.6 is 0 Å². The van der Waals surface area contributed by atoms with Gasteiger partial charge < -0.3 is 4.90 Å². The fourth-order valence-electron chi connectivity index (χ4n) is 5.50. The first kappa shape index (κ1) is 29.4. The predicted octanol–water partition coefficient (Wildman–Crippen LogP) is 8.64. The third kappa shape index (κ3) is 10.8. The number of aryl methyl sites for hydroxylation is 2. The van der Waals surface area contributed by atoms with Gasteiger partial charge in [-0.05, 0) is 111 Å². The van der Waals surface area contributed by atoms with Crippen LogP contribution in [0.15, 0.2) is 48.7 Å². The molecule has 0 amide bonds. The fraction of sp³-hybridized carbons (Fsp3) is 0.636. The maximum atomic E-state index is 3.96. The van der Waals surface area contributed by atoms with E-state index in [1.54, 1.807) is 11.1 Å². The number of hydrogen-bond acceptors (Lipinski definition) is 2. The maximum absolute atomic E-state index is 3.96. The lowest BCUT2D eigenvalue weighted by Gasteiger charge is -2.27. The number of benzene rings is 1. The molecular weight excluding hydrogens is 424 g/mol. The van der Waals surface area contributed by atoms with E-state index in [0.29, 0.717) is 5.92 Å². The molecule has 0 unspecified atom stereocenters. The summed E-state index contributed by atoms with van der Waals surface area (Å²) >= 11 is 0. The van der Waals surface area contributed by atoms with Crippen molar-refractivity contribution in [1.82, 2.24) is 9.80 Å². The van der Waals surface area contributed by atoms with Crippen molar-refractivity contribution in [1.29, 1.82) is 0 Å². The first-order valence-electron chi connectivity index (χ1n) is 14.6. The maximum Gasteiger partial charge on any atom is 0.0424 e. The van der Waals surface area contributed by atoms with Gasteiger partial charge in [0.25, 0.3) is 0 Å². The Bertz CT molecular complexity index is 796. The standard InChI is InChI=1S/C19H29N.C12H19N.C2H6/c1-5-20(13-15(2)3)14-17-11-16(4)19-10-8-6-7-9-18(19)12-17;1-3-7-12(8-4-1)11-13-9-5-2-6-10-13;1-2/h5,11-12,15H,1,6-10,13-14H2,2-4H3;3,7-8H,1-2,4-6,9-11H2;1-2H3. The molecule has 0 bridgehead atoms. The SMILES string of the molecule is C1=CC(CN2CCCCC2)=CCC1.C=CN(Cc1cc(C)c2c(c1)CCCCC2)CC(C)C.CC. The van der Waals surface area contributed by atoms with Crippen molar-refractivity contribution in [2.75, 3.05) is 26.2 Å². The Labute approximate surface area is 218 Å². The van der Waals surface area contributed by atoms with Crippen LogP contribution in [-0.4, -0.2) is 36.0 Å². The van der Waals surface area contributed by atoms with E-state index in [9.17, 15) is 0 Å². The third-order valence-electron chi connectivity index (χ3n) is 7.17. The van der Waals surface area contributed by atoms with Crippen LogP contribution in [0.2, 0.25) is 0 Å². The van der Waals surface area contributed by atoms with Crippen molar-refractivity contribution in [2.24, 2.45) is 5.92 Å². The summed E-state index contributed by atoms with van der Waals surface area (Å²) < 4.78 is 0. The molecule has 1 saturated heterocycles. The normalized spacial score (nSPS) is 17.7. The van der Waals surface area contributed by atoms with Crippen LogP contribution in [0.5, 0.6) is 0 Å². The highest BCUT2D eigenvalue weighted by molar-refractivity contribution is 5.39. The van der Waals surface area contributed by atoms with Gasteiger partial charge in [-0.15, -0.1) is 0 Å². The Morgan fingerprint density at radius 1 is 0.971 bits per heavy atom. The molecule has 0 radical (unpaired) electrons. The summed E-state index contributed by atoms with van der Waals surface area (Å²) in [4.78, 5) is 4.92. The number of allylic oxidation sites excluding steroid dienone is 2. The smallest absolute Gasteiger partial charge is 0.0424 e. The Morgan fingerprint density at radius 2 is 1.69 bits per heavy atom. The quantitative estimate of drug-likeness (QED) is 0.362. The van der Waals surface area contributed by atoms with Gasteiger partial charge in [0, 0.05) is 19.6 Å². The summed E-state index contributed by atoms with van der Waals surface area (Å²) in [6.45, 7) is 20.7. The molecule has 0 saturated carbocycles. The van der Waals surface area contributed by atoms with E-state index in [1.807, 2.05) is 20.0 Å². The van der Waals surface area contributed by atoms with E-state index in [4.69, 9.17) is 0 Å². The van der Waals surface area contributed by atoms with Gasteiger partial charge in [0.05, 0.1) is 0 Å². The highest BCUT2D eigenvalue weighted by Crippen LogP contribution is 2.26. The van der Waals surface area contributed by atoms with E-state index in [0.717, 1.165) is 13.1 Å². The van der Waals surface area contributed by atoms with Crippen LogP contribution in [0.4, 0.5) is 0 Å². The highest BCUT2D eigenvalue weighted by atomic mass is 15.1. The van der Waals surface area contributed by atoms with Crippen LogP contribution in [0.25, 0.3) is 0 Å². The molecule has 0 aromatic heterocycles. The minimum absolute atomic E-state index is 0.676. The van der Waals surface area contributed by atoms with Crippen molar-refractivity contribution in [2.45, 2.75) is 105 Å². The molecule has 0 atom stereocenters. The zero-order valence-electron chi connectivity index (χ0n) is 23.7. The Hall–Kier alpha value is -1.80. The second-order valence-electron chi connectivity index (χ2n) is 10.7. The topological polar surface area (TPSA) is 6.48 Å². The summed E-state index contributed by atoms with van der Waals surface area (Å²) in [5.74, 6) is 0.676. The molecule has 0 N–H and O–H groups in total. The largest absolute Gasteiger partial charge is 0.373 e. The third-order valence-corrected chi connectivity index (χ3v) is 7.17. The molecule has 2 nitrogen and oxygen atoms in total. The zero-order chi connectivity index (χ0) is 25.5. The van der Waals surface area contributed by atoms with Crippen molar-refractivity contribution in [3.8, 4) is 0 Å². The first-order valence-corrected chi connectivity index (χ1v) is 14.6. The average molecular weight is 479 g/mol. The number of piperidine rings is 1. The van der Waals surface area contributed by atoms with Gasteiger partial charge in [0.1, 0.15) is 0 Å². The lowest BCUT2D eigenvalue weighted by Crippen LogP contribution is -2.31. The number of hydrogen-bond donors (Lipinski definition) is 0. The molecule has 2 aliphatic carbocycles. The summed E-state index contributed by atoms with van der Waals surface area (Å²) in [5.41, 5.74) is 7.70. The molecule has 1 aromatic carbocycles. The van der Waals surface area contributed by atoms with Crippen molar-refractivity contribution < 1.29 is 0 Å². The van der Waals surface area contributed by atoms with Gasteiger partial charge in [0.15, 0.2) is 0 Å². The number of rotatable bonds is 7. The van der Waals surface area contributed by atoms with Crippen LogP contribution in [-0.2, 0) is 19.4 Å². The lowest BCUT2D eigenvalue weighted by molar-refractivity contribution is 0.248. The summed E-state index contributed by atoms with van der Waals surface area (Å²) in [5, 5.41) is 0. The van der Waals surface area contributed by atoms with Crippen LogP contribution in [0, 0.1) is 12.8 Å². The molecule has 35 heavy (non-hydrogen) atoms. The molecule has 2 heteroatoms. The van der Waals surface area contributed by atoms with Crippen molar-refractivity contribution in [3.63, 3.8) is 0 Å². The second-order valence-corrected chi connectivity index (χ2v) is 10.7. The molecule has 0 spiro atoms. The van der Waals surface area contributed by atoms with E-state index in [2.05, 4.69) is 67.5 Å². The number of fused-ring (bicyclic) bond motifs is 1. The molecule has 4 rings (SSSR count). The summed E-state index contributed by atoms with van der Waals surface area (Å²) in [6.07, 6.45) is 22.4. The molecule has 3 aliphatic rings. The second kappa shape index (κ2) is 16.8. The van der Waals surface area contributed by atoms with E-state index in [-0.39, 0.29) is 0 Å². The van der Waals surface area contributed by atoms with Gasteiger partial charge in [-0.3, -0.25) is 4.90 Å². The van der Waals surface area contributed by atoms with Gasteiger partial charge >= 0.3 is 0 Å². The Balaban J connectivity index is 0.000000248. The van der Waals surface area contributed by atoms with Crippen LogP contribution in [0.1, 0.15) is 101 Å². The number of likely N-dealkylation sites (tertiary alicyclic amines) is 1. The summed E-state index contributed by atoms with van der Waals surface area (Å²) in [7, 11) is 0. The molecule has 1 aliphatic heterocycles. The number of nitrogens with zero attached hydrogens (tertiary/aromatic N) is 2. The van der Waals surface area contributed by atoms with E-state index < -0.39 is 0 Å². The minimum atomic E-state index is 0.676. The summed E-state index contributed by atoms with van der Waals surface area (Å²) in [6, 6.07) is 4.84. The Kier molecular flexibility index (Phi) is 14.1. The Morgan fingerprint density at radius 3 is 2.34 bits per heavy atom. The predicted molar refractivity (Wildman–Crippen MR) is 156 cm³/mol. The van der Waals surface area contributed by atoms with Crippen molar-refractivity contribution >= 4 is 0 Å². The van der Waals surface area contributed by atoms with E-state index in [1.165, 1.54) is 101 Å². The van der Waals surface area contributed by atoms with Gasteiger partial charge in [-0.25, -0.2) is 0 Å². The van der Waals surface area contributed by atoms with Gasteiger partial charge in [0.2, 0.25) is 0 Å². The molecule has 1 aromatic rings. The first-order chi connectivity index (χ1) is 17.0.